The Morgan fingerprint density at radius 2 is 2.04 bits per heavy atom. The predicted octanol–water partition coefficient (Wildman–Crippen LogP) is 1.20. The van der Waals surface area contributed by atoms with Gasteiger partial charge in [-0.05, 0) is 48.0 Å². The average molecular weight is 424 g/mol. The van der Waals surface area contributed by atoms with Crippen LogP contribution < -0.4 is 16.6 Å². The van der Waals surface area contributed by atoms with Gasteiger partial charge in [0.25, 0.3) is 5.56 Å². The quantitative estimate of drug-likeness (QED) is 0.577. The lowest BCUT2D eigenvalue weighted by Crippen LogP contribution is -2.38. The van der Waals surface area contributed by atoms with Crippen molar-refractivity contribution in [1.82, 2.24) is 24.0 Å². The number of hydrogen-bond donors (Lipinski definition) is 1. The van der Waals surface area contributed by atoms with Crippen LogP contribution in [0.15, 0.2) is 26.0 Å². The highest BCUT2D eigenvalue weighted by Crippen LogP contribution is 2.19. The van der Waals surface area contributed by atoms with Gasteiger partial charge in [0.15, 0.2) is 15.9 Å². The molecule has 0 radical (unpaired) electrons. The Kier molecular flexibility index (Phi) is 5.45. The molecule has 0 fully saturated rings. The van der Waals surface area contributed by atoms with Crippen molar-refractivity contribution in [3.63, 3.8) is 0 Å². The standard InChI is InChI=1S/C17H22BrN5O3/c1-21-14-13(15(25)22(2)17(21)26)20-16(18)23(14)10-12(24)19-9-8-11-6-4-3-5-7-11/h6H,3-5,7-10H2,1-2H3,(H,19,24). The van der Waals surface area contributed by atoms with Gasteiger partial charge in [0, 0.05) is 20.6 Å². The number of halogens is 1. The van der Waals surface area contributed by atoms with Crippen molar-refractivity contribution < 1.29 is 4.79 Å². The van der Waals surface area contributed by atoms with Crippen molar-refractivity contribution in [3.05, 3.63) is 37.2 Å². The number of carbonyl (C=O) groups excluding carboxylic acids is 1. The molecule has 0 atom stereocenters. The minimum atomic E-state index is -0.479. The second-order valence-corrected chi connectivity index (χ2v) is 7.26. The molecule has 0 aliphatic heterocycles. The van der Waals surface area contributed by atoms with Crippen LogP contribution in [0.5, 0.6) is 0 Å². The third-order valence-corrected chi connectivity index (χ3v) is 5.35. The van der Waals surface area contributed by atoms with Gasteiger partial charge in [0.1, 0.15) is 6.54 Å². The van der Waals surface area contributed by atoms with Crippen molar-refractivity contribution in [3.8, 4) is 0 Å². The van der Waals surface area contributed by atoms with Crippen molar-refractivity contribution in [2.75, 3.05) is 6.54 Å². The maximum Gasteiger partial charge on any atom is 0.332 e. The molecule has 0 aromatic carbocycles. The zero-order valence-electron chi connectivity index (χ0n) is 14.9. The fourth-order valence-corrected chi connectivity index (χ4v) is 3.77. The van der Waals surface area contributed by atoms with E-state index < -0.39 is 11.2 Å². The number of aryl methyl sites for hydroxylation is 1. The number of rotatable bonds is 5. The van der Waals surface area contributed by atoms with Crippen molar-refractivity contribution in [2.45, 2.75) is 38.6 Å². The number of nitrogens with zero attached hydrogens (tertiary/aromatic N) is 4. The smallest absolute Gasteiger partial charge is 0.332 e. The predicted molar refractivity (Wildman–Crippen MR) is 102 cm³/mol. The highest BCUT2D eigenvalue weighted by Gasteiger charge is 2.19. The maximum absolute atomic E-state index is 12.3. The van der Waals surface area contributed by atoms with E-state index in [9.17, 15) is 14.4 Å². The summed E-state index contributed by atoms with van der Waals surface area (Å²) in [7, 11) is 2.96. The molecular weight excluding hydrogens is 402 g/mol. The van der Waals surface area contributed by atoms with Gasteiger partial charge in [-0.1, -0.05) is 11.6 Å². The second kappa shape index (κ2) is 7.61. The van der Waals surface area contributed by atoms with Gasteiger partial charge in [-0.15, -0.1) is 0 Å². The van der Waals surface area contributed by atoms with Gasteiger partial charge in [0.05, 0.1) is 0 Å². The van der Waals surface area contributed by atoms with Crippen LogP contribution in [-0.2, 0) is 25.4 Å². The van der Waals surface area contributed by atoms with E-state index in [4.69, 9.17) is 0 Å². The Morgan fingerprint density at radius 1 is 1.27 bits per heavy atom. The molecule has 8 nitrogen and oxygen atoms in total. The molecule has 2 heterocycles. The van der Waals surface area contributed by atoms with Gasteiger partial charge < -0.3 is 5.32 Å². The molecule has 2 aromatic rings. The number of nitrogens with one attached hydrogen (secondary N) is 1. The molecule has 1 aliphatic carbocycles. The minimum Gasteiger partial charge on any atom is -0.354 e. The summed E-state index contributed by atoms with van der Waals surface area (Å²) in [4.78, 5) is 40.9. The zero-order chi connectivity index (χ0) is 18.8. The first-order chi connectivity index (χ1) is 12.4. The molecule has 3 rings (SSSR count). The SMILES string of the molecule is Cn1c(=O)c2nc(Br)n(CC(=O)NCCC3=CCCCC3)c2n(C)c1=O. The van der Waals surface area contributed by atoms with Crippen LogP contribution in [0, 0.1) is 0 Å². The van der Waals surface area contributed by atoms with E-state index in [2.05, 4.69) is 32.3 Å². The Balaban J connectivity index is 1.77. The van der Waals surface area contributed by atoms with Crippen LogP contribution >= 0.6 is 15.9 Å². The number of amides is 1. The van der Waals surface area contributed by atoms with E-state index in [0.717, 1.165) is 23.8 Å². The highest BCUT2D eigenvalue weighted by atomic mass is 79.9. The molecule has 0 spiro atoms. The first kappa shape index (κ1) is 18.6. The van der Waals surface area contributed by atoms with E-state index in [1.807, 2.05) is 0 Å². The summed E-state index contributed by atoms with van der Waals surface area (Å²) in [6.45, 7) is 0.562. The number of hydrogen-bond acceptors (Lipinski definition) is 4. The summed E-state index contributed by atoms with van der Waals surface area (Å²) in [6, 6.07) is 0. The zero-order valence-corrected chi connectivity index (χ0v) is 16.5. The molecule has 26 heavy (non-hydrogen) atoms. The molecule has 2 aromatic heterocycles. The van der Waals surface area contributed by atoms with Gasteiger partial charge in [0.2, 0.25) is 5.91 Å². The van der Waals surface area contributed by atoms with Gasteiger partial charge in [-0.2, -0.15) is 0 Å². The summed E-state index contributed by atoms with van der Waals surface area (Å²) in [5, 5.41) is 2.90. The summed E-state index contributed by atoms with van der Waals surface area (Å²) >= 11 is 3.29. The molecule has 1 amide bonds. The fraction of sp³-hybridized carbons (Fsp3) is 0.529. The molecule has 9 heteroatoms. The van der Waals surface area contributed by atoms with Gasteiger partial charge in [-0.3, -0.25) is 23.3 Å². The normalized spacial score (nSPS) is 14.5. The van der Waals surface area contributed by atoms with E-state index in [1.165, 1.54) is 34.6 Å². The van der Waals surface area contributed by atoms with Crippen molar-refractivity contribution in [1.29, 1.82) is 0 Å². The Bertz CT molecular complexity index is 998. The topological polar surface area (TPSA) is 90.9 Å². The van der Waals surface area contributed by atoms with E-state index in [-0.39, 0.29) is 18.0 Å². The van der Waals surface area contributed by atoms with Crippen molar-refractivity contribution >= 4 is 33.0 Å². The minimum absolute atomic E-state index is 0.0173. The molecule has 1 N–H and O–H groups in total. The van der Waals surface area contributed by atoms with Crippen LogP contribution in [0.4, 0.5) is 0 Å². The summed E-state index contributed by atoms with van der Waals surface area (Å²) in [6.07, 6.45) is 7.82. The number of fused-ring (bicyclic) bond motifs is 1. The van der Waals surface area contributed by atoms with Crippen LogP contribution in [0.2, 0.25) is 0 Å². The summed E-state index contributed by atoms with van der Waals surface area (Å²) < 4.78 is 4.21. The number of carbonyl (C=O) groups is 1. The van der Waals surface area contributed by atoms with Gasteiger partial charge in [-0.25, -0.2) is 9.78 Å². The number of aromatic nitrogens is 4. The summed E-state index contributed by atoms with van der Waals surface area (Å²) in [5.41, 5.74) is 0.946. The number of allylic oxidation sites excluding steroid dienone is 1. The lowest BCUT2D eigenvalue weighted by atomic mass is 9.97. The van der Waals surface area contributed by atoms with Crippen LogP contribution in [0.3, 0.4) is 0 Å². The molecule has 0 bridgehead atoms. The molecule has 0 saturated carbocycles. The average Bonchev–Trinajstić information content (AvgIpc) is 2.95. The highest BCUT2D eigenvalue weighted by molar-refractivity contribution is 9.10. The third kappa shape index (κ3) is 3.53. The molecular formula is C17H22BrN5O3. The fourth-order valence-electron chi connectivity index (χ4n) is 3.30. The molecule has 1 aliphatic rings. The molecule has 0 saturated heterocycles. The van der Waals surface area contributed by atoms with Crippen LogP contribution in [-0.4, -0.2) is 31.1 Å². The largest absolute Gasteiger partial charge is 0.354 e. The number of imidazole rings is 1. The first-order valence-corrected chi connectivity index (χ1v) is 9.45. The lowest BCUT2D eigenvalue weighted by Gasteiger charge is -2.13. The molecule has 140 valence electrons. The molecule has 0 unspecified atom stereocenters. The van der Waals surface area contributed by atoms with E-state index >= 15 is 0 Å². The maximum atomic E-state index is 12.3. The van der Waals surface area contributed by atoms with E-state index in [0.29, 0.717) is 16.9 Å². The van der Waals surface area contributed by atoms with Crippen molar-refractivity contribution in [2.24, 2.45) is 14.1 Å². The monoisotopic (exact) mass is 423 g/mol. The Hall–Kier alpha value is -2.16. The summed E-state index contributed by atoms with van der Waals surface area (Å²) in [5.74, 6) is -0.186. The lowest BCUT2D eigenvalue weighted by molar-refractivity contribution is -0.121. The van der Waals surface area contributed by atoms with Crippen LogP contribution in [0.1, 0.15) is 32.1 Å². The Morgan fingerprint density at radius 3 is 2.73 bits per heavy atom. The third-order valence-electron chi connectivity index (χ3n) is 4.75. The van der Waals surface area contributed by atoms with E-state index in [1.54, 1.807) is 7.05 Å². The van der Waals surface area contributed by atoms with Crippen LogP contribution in [0.25, 0.3) is 11.2 Å². The van der Waals surface area contributed by atoms with Gasteiger partial charge >= 0.3 is 5.69 Å². The first-order valence-electron chi connectivity index (χ1n) is 8.66. The second-order valence-electron chi connectivity index (χ2n) is 6.55. The Labute approximate surface area is 158 Å².